The Balaban J connectivity index is 1.94. The molecule has 3 N–H and O–H groups in total. The van der Waals surface area contributed by atoms with Crippen LogP contribution in [-0.2, 0) is 16.0 Å². The van der Waals surface area contributed by atoms with Crippen molar-refractivity contribution in [1.82, 2.24) is 5.32 Å². The molecular weight excluding hydrogens is 264 g/mol. The smallest absolute Gasteiger partial charge is 0.237 e. The molecule has 0 aromatic heterocycles. The van der Waals surface area contributed by atoms with Crippen molar-refractivity contribution in [3.63, 3.8) is 0 Å². The quantitative estimate of drug-likeness (QED) is 0.810. The van der Waals surface area contributed by atoms with E-state index in [1.807, 2.05) is 13.8 Å². The fraction of sp³-hybridized carbons (Fsp3) is 0.588. The molecule has 0 fully saturated rings. The van der Waals surface area contributed by atoms with Crippen LogP contribution < -0.4 is 11.1 Å². The van der Waals surface area contributed by atoms with Gasteiger partial charge in [-0.05, 0) is 50.3 Å². The zero-order chi connectivity index (χ0) is 15.3. The molecule has 2 atom stereocenters. The summed E-state index contributed by atoms with van der Waals surface area (Å²) in [6, 6.07) is 8.47. The molecule has 1 amide bonds. The minimum atomic E-state index is -0.692. The SMILES string of the molecule is CCNC(C)(CCOC1CCCc2ccccc21)C(N)=O. The number of hydrogen-bond donors (Lipinski definition) is 2. The molecule has 0 radical (unpaired) electrons. The van der Waals surface area contributed by atoms with Crippen molar-refractivity contribution >= 4 is 5.91 Å². The Morgan fingerprint density at radius 1 is 1.48 bits per heavy atom. The van der Waals surface area contributed by atoms with E-state index in [-0.39, 0.29) is 12.0 Å². The number of benzene rings is 1. The first-order chi connectivity index (χ1) is 10.1. The van der Waals surface area contributed by atoms with Gasteiger partial charge in [-0.25, -0.2) is 0 Å². The van der Waals surface area contributed by atoms with Gasteiger partial charge in [0.1, 0.15) is 0 Å². The molecule has 1 aromatic carbocycles. The minimum absolute atomic E-state index is 0.147. The molecule has 0 bridgehead atoms. The molecule has 0 spiro atoms. The summed E-state index contributed by atoms with van der Waals surface area (Å²) in [5.74, 6) is -0.322. The fourth-order valence-electron chi connectivity index (χ4n) is 2.98. The third-order valence-electron chi connectivity index (χ3n) is 4.35. The number of carbonyl (C=O) groups is 1. The molecule has 1 aliphatic rings. The zero-order valence-electron chi connectivity index (χ0n) is 13.0. The number of nitrogens with two attached hydrogens (primary N) is 1. The van der Waals surface area contributed by atoms with Gasteiger partial charge in [0.2, 0.25) is 5.91 Å². The Morgan fingerprint density at radius 2 is 2.24 bits per heavy atom. The van der Waals surface area contributed by atoms with Crippen molar-refractivity contribution in [1.29, 1.82) is 0 Å². The van der Waals surface area contributed by atoms with Crippen LogP contribution in [-0.4, -0.2) is 24.6 Å². The summed E-state index contributed by atoms with van der Waals surface area (Å²) in [5, 5.41) is 3.16. The number of rotatable bonds is 7. The fourth-order valence-corrected chi connectivity index (χ4v) is 2.98. The second kappa shape index (κ2) is 7.05. The molecule has 4 heteroatoms. The Bertz CT molecular complexity index is 489. The number of likely N-dealkylation sites (N-methyl/N-ethyl adjacent to an activating group) is 1. The van der Waals surface area contributed by atoms with Gasteiger partial charge in [-0.15, -0.1) is 0 Å². The van der Waals surface area contributed by atoms with Crippen LogP contribution in [0.5, 0.6) is 0 Å². The molecular formula is C17H26N2O2. The van der Waals surface area contributed by atoms with Crippen LogP contribution in [0.25, 0.3) is 0 Å². The number of hydrogen-bond acceptors (Lipinski definition) is 3. The van der Waals surface area contributed by atoms with Gasteiger partial charge in [0, 0.05) is 6.61 Å². The third kappa shape index (κ3) is 3.83. The number of fused-ring (bicyclic) bond motifs is 1. The summed E-state index contributed by atoms with van der Waals surface area (Å²) in [6.07, 6.45) is 4.07. The molecule has 0 heterocycles. The van der Waals surface area contributed by atoms with Crippen LogP contribution in [0.3, 0.4) is 0 Å². The van der Waals surface area contributed by atoms with Crippen LogP contribution in [0, 0.1) is 0 Å². The lowest BCUT2D eigenvalue weighted by Gasteiger charge is -2.30. The Labute approximate surface area is 127 Å². The summed E-state index contributed by atoms with van der Waals surface area (Å²) in [6.45, 7) is 5.06. The predicted molar refractivity (Wildman–Crippen MR) is 84.0 cm³/mol. The molecule has 0 saturated heterocycles. The Hall–Kier alpha value is -1.39. The highest BCUT2D eigenvalue weighted by Crippen LogP contribution is 2.32. The number of aryl methyl sites for hydroxylation is 1. The normalized spacial score (nSPS) is 20.6. The first kappa shape index (κ1) is 16.0. The zero-order valence-corrected chi connectivity index (χ0v) is 13.0. The van der Waals surface area contributed by atoms with Crippen molar-refractivity contribution in [2.45, 2.75) is 51.2 Å². The molecule has 116 valence electrons. The molecule has 1 aromatic rings. The molecule has 2 unspecified atom stereocenters. The molecule has 4 nitrogen and oxygen atoms in total. The Kier molecular flexibility index (Phi) is 5.37. The molecule has 0 aliphatic heterocycles. The van der Waals surface area contributed by atoms with E-state index < -0.39 is 5.54 Å². The summed E-state index contributed by atoms with van der Waals surface area (Å²) < 4.78 is 6.05. The standard InChI is InChI=1S/C17H26N2O2/c1-3-19-17(2,16(18)20)11-12-21-15-10-6-8-13-7-4-5-9-14(13)15/h4-5,7,9,15,19H,3,6,8,10-12H2,1-2H3,(H2,18,20). The maximum Gasteiger partial charge on any atom is 0.237 e. The van der Waals surface area contributed by atoms with E-state index in [4.69, 9.17) is 10.5 Å². The summed E-state index contributed by atoms with van der Waals surface area (Å²) in [5.41, 5.74) is 7.49. The second-order valence-corrected chi connectivity index (χ2v) is 5.93. The highest BCUT2D eigenvalue weighted by atomic mass is 16.5. The maximum absolute atomic E-state index is 11.6. The van der Waals surface area contributed by atoms with E-state index >= 15 is 0 Å². The van der Waals surface area contributed by atoms with Gasteiger partial charge in [-0.3, -0.25) is 4.79 Å². The molecule has 21 heavy (non-hydrogen) atoms. The van der Waals surface area contributed by atoms with E-state index in [0.29, 0.717) is 19.6 Å². The van der Waals surface area contributed by atoms with Crippen molar-refractivity contribution in [3.05, 3.63) is 35.4 Å². The second-order valence-electron chi connectivity index (χ2n) is 5.93. The number of ether oxygens (including phenoxy) is 1. The van der Waals surface area contributed by atoms with Gasteiger partial charge in [-0.1, -0.05) is 31.2 Å². The number of primary amides is 1. The van der Waals surface area contributed by atoms with Crippen molar-refractivity contribution < 1.29 is 9.53 Å². The van der Waals surface area contributed by atoms with Gasteiger partial charge in [0.15, 0.2) is 0 Å². The monoisotopic (exact) mass is 290 g/mol. The lowest BCUT2D eigenvalue weighted by Crippen LogP contribution is -2.53. The maximum atomic E-state index is 11.6. The average molecular weight is 290 g/mol. The van der Waals surface area contributed by atoms with Gasteiger partial charge in [0.05, 0.1) is 11.6 Å². The highest BCUT2D eigenvalue weighted by molar-refractivity contribution is 5.84. The summed E-state index contributed by atoms with van der Waals surface area (Å²) >= 11 is 0. The van der Waals surface area contributed by atoms with Gasteiger partial charge < -0.3 is 15.8 Å². The molecule has 2 rings (SSSR count). The van der Waals surface area contributed by atoms with Gasteiger partial charge in [-0.2, -0.15) is 0 Å². The summed E-state index contributed by atoms with van der Waals surface area (Å²) in [7, 11) is 0. The predicted octanol–water partition coefficient (Wildman–Crippen LogP) is 2.32. The summed E-state index contributed by atoms with van der Waals surface area (Å²) in [4.78, 5) is 11.6. The first-order valence-electron chi connectivity index (χ1n) is 7.81. The number of nitrogens with one attached hydrogen (secondary N) is 1. The van der Waals surface area contributed by atoms with Gasteiger partial charge >= 0.3 is 0 Å². The van der Waals surface area contributed by atoms with Crippen LogP contribution >= 0.6 is 0 Å². The van der Waals surface area contributed by atoms with E-state index in [9.17, 15) is 4.79 Å². The van der Waals surface area contributed by atoms with E-state index in [1.54, 1.807) is 0 Å². The number of amides is 1. The van der Waals surface area contributed by atoms with Crippen LogP contribution in [0.15, 0.2) is 24.3 Å². The van der Waals surface area contributed by atoms with Crippen molar-refractivity contribution in [2.24, 2.45) is 5.73 Å². The lowest BCUT2D eigenvalue weighted by molar-refractivity contribution is -0.124. The first-order valence-corrected chi connectivity index (χ1v) is 7.81. The number of carbonyl (C=O) groups excluding carboxylic acids is 1. The third-order valence-corrected chi connectivity index (χ3v) is 4.35. The minimum Gasteiger partial charge on any atom is -0.373 e. The van der Waals surface area contributed by atoms with Crippen LogP contribution in [0.4, 0.5) is 0 Å². The average Bonchev–Trinajstić information content (AvgIpc) is 2.47. The largest absolute Gasteiger partial charge is 0.373 e. The van der Waals surface area contributed by atoms with Crippen molar-refractivity contribution in [3.8, 4) is 0 Å². The highest BCUT2D eigenvalue weighted by Gasteiger charge is 2.30. The van der Waals surface area contributed by atoms with E-state index in [2.05, 4.69) is 29.6 Å². The molecule has 1 aliphatic carbocycles. The van der Waals surface area contributed by atoms with E-state index in [1.165, 1.54) is 11.1 Å². The lowest BCUT2D eigenvalue weighted by atomic mass is 9.89. The van der Waals surface area contributed by atoms with Gasteiger partial charge in [0.25, 0.3) is 0 Å². The topological polar surface area (TPSA) is 64.3 Å². The van der Waals surface area contributed by atoms with E-state index in [0.717, 1.165) is 19.3 Å². The van der Waals surface area contributed by atoms with Crippen LogP contribution in [0.1, 0.15) is 50.3 Å². The Morgan fingerprint density at radius 3 is 2.95 bits per heavy atom. The van der Waals surface area contributed by atoms with Crippen LogP contribution in [0.2, 0.25) is 0 Å². The van der Waals surface area contributed by atoms with Crippen molar-refractivity contribution in [2.75, 3.05) is 13.2 Å². The molecule has 0 saturated carbocycles.